The molecule has 0 unspecified atom stereocenters. The number of nitrogens with zero attached hydrogens (tertiary/aromatic N) is 6. The van der Waals surface area contributed by atoms with Crippen molar-refractivity contribution in [3.8, 4) is 0 Å². The van der Waals surface area contributed by atoms with Gasteiger partial charge in [0.05, 0.1) is 25.8 Å². The Labute approximate surface area is 216 Å². The summed E-state index contributed by atoms with van der Waals surface area (Å²) in [5.74, 6) is -3.69. The number of hydrazine groups is 2. The molecule has 0 radical (unpaired) electrons. The number of alkyl halides is 2. The second-order valence-electron chi connectivity index (χ2n) is 8.91. The summed E-state index contributed by atoms with van der Waals surface area (Å²) >= 11 is 5.89. The van der Waals surface area contributed by atoms with Crippen LogP contribution in [-0.4, -0.2) is 80.9 Å². The van der Waals surface area contributed by atoms with Crippen LogP contribution in [0.4, 0.5) is 19.0 Å². The van der Waals surface area contributed by atoms with Crippen LogP contribution in [-0.2, 0) is 22.7 Å². The monoisotopic (exact) mass is 541 g/mol. The van der Waals surface area contributed by atoms with E-state index < -0.39 is 30.7 Å². The van der Waals surface area contributed by atoms with Gasteiger partial charge in [0.25, 0.3) is 11.8 Å². The highest BCUT2D eigenvalue weighted by Crippen LogP contribution is 2.26. The number of hydrogen-bond acceptors (Lipinski definition) is 8. The minimum atomic E-state index is -2.72. The van der Waals surface area contributed by atoms with Gasteiger partial charge in [0, 0.05) is 43.5 Å². The number of benzene rings is 1. The molecule has 200 valence electrons. The fourth-order valence-corrected chi connectivity index (χ4v) is 4.10. The third-order valence-corrected chi connectivity index (χ3v) is 5.95. The molecule has 2 aromatic rings. The number of likely N-dealkylation sites (N-methyl/N-ethyl adjacent to an activating group) is 1. The summed E-state index contributed by atoms with van der Waals surface area (Å²) in [5.41, 5.74) is 3.71. The van der Waals surface area contributed by atoms with Crippen LogP contribution in [0.3, 0.4) is 0 Å². The lowest BCUT2D eigenvalue weighted by molar-refractivity contribution is -0.141. The molecule has 0 atom stereocenters. The van der Waals surface area contributed by atoms with E-state index in [1.54, 1.807) is 34.1 Å². The summed E-state index contributed by atoms with van der Waals surface area (Å²) < 4.78 is 41.2. The molecule has 1 fully saturated rings. The summed E-state index contributed by atoms with van der Waals surface area (Å²) in [6, 6.07) is 4.17. The van der Waals surface area contributed by atoms with E-state index in [2.05, 4.69) is 26.5 Å². The molecule has 1 aromatic carbocycles. The van der Waals surface area contributed by atoms with Gasteiger partial charge >= 0.3 is 0 Å². The zero-order valence-electron chi connectivity index (χ0n) is 20.1. The third kappa shape index (κ3) is 7.33. The lowest BCUT2D eigenvalue weighted by Crippen LogP contribution is -2.57. The number of aromatic nitrogens is 3. The van der Waals surface area contributed by atoms with Gasteiger partial charge in [-0.2, -0.15) is 0 Å². The minimum Gasteiger partial charge on any atom is -0.346 e. The number of amides is 2. The molecule has 2 aliphatic heterocycles. The Morgan fingerprint density at radius 3 is 2.73 bits per heavy atom. The number of carbonyl (C=O) groups excluding carboxylic acids is 2. The first-order valence-corrected chi connectivity index (χ1v) is 12.0. The standard InChI is InChI=1S/C22H27ClF3N9O2/c1-32-18(21(37)27-9-15-8-16(23)4-5-17(15)24)10-35(31-32)7-3-2-6-34-11-19(29-30-34)28-20(36)12-33-13-22(25,26)14-33/h4-5,8,10-11,31H,2-3,6-7,9,12-14H2,1H3,(H,27,37)(H,28,36). The van der Waals surface area contributed by atoms with Gasteiger partial charge in [0.2, 0.25) is 5.91 Å². The van der Waals surface area contributed by atoms with E-state index in [1.165, 1.54) is 23.1 Å². The molecule has 2 aliphatic rings. The van der Waals surface area contributed by atoms with Crippen LogP contribution in [0.25, 0.3) is 0 Å². The number of anilines is 1. The van der Waals surface area contributed by atoms with Crippen molar-refractivity contribution in [1.82, 2.24) is 40.8 Å². The van der Waals surface area contributed by atoms with E-state index in [9.17, 15) is 22.8 Å². The van der Waals surface area contributed by atoms with Gasteiger partial charge in [0.1, 0.15) is 11.5 Å². The van der Waals surface area contributed by atoms with Gasteiger partial charge in [0.15, 0.2) is 5.82 Å². The first kappa shape index (κ1) is 26.7. The quantitative estimate of drug-likeness (QED) is 0.368. The molecule has 37 heavy (non-hydrogen) atoms. The van der Waals surface area contributed by atoms with Crippen LogP contribution >= 0.6 is 11.6 Å². The number of halogens is 4. The summed E-state index contributed by atoms with van der Waals surface area (Å²) in [5, 5.41) is 16.8. The van der Waals surface area contributed by atoms with Crippen molar-refractivity contribution >= 4 is 29.2 Å². The predicted octanol–water partition coefficient (Wildman–Crippen LogP) is 1.56. The topological polar surface area (TPSA) is 111 Å². The van der Waals surface area contributed by atoms with Crippen molar-refractivity contribution in [2.45, 2.75) is 31.9 Å². The Balaban J connectivity index is 1.15. The molecule has 0 spiro atoms. The smallest absolute Gasteiger partial charge is 0.272 e. The van der Waals surface area contributed by atoms with E-state index in [0.717, 1.165) is 12.8 Å². The first-order valence-electron chi connectivity index (χ1n) is 11.6. The van der Waals surface area contributed by atoms with Crippen LogP contribution in [0.1, 0.15) is 18.4 Å². The number of hydrogen-bond donors (Lipinski definition) is 3. The molecule has 11 nitrogen and oxygen atoms in total. The maximum Gasteiger partial charge on any atom is 0.272 e. The normalized spacial score (nSPS) is 16.9. The van der Waals surface area contributed by atoms with E-state index in [0.29, 0.717) is 29.4 Å². The maximum atomic E-state index is 13.9. The molecule has 3 heterocycles. The lowest BCUT2D eigenvalue weighted by atomic mass is 10.1. The molecule has 1 saturated heterocycles. The van der Waals surface area contributed by atoms with Gasteiger partial charge < -0.3 is 10.6 Å². The molecular weight excluding hydrogens is 515 g/mol. The average molecular weight is 542 g/mol. The van der Waals surface area contributed by atoms with Crippen LogP contribution < -0.4 is 16.2 Å². The largest absolute Gasteiger partial charge is 0.346 e. The van der Waals surface area contributed by atoms with Crippen LogP contribution in [0.2, 0.25) is 5.02 Å². The summed E-state index contributed by atoms with van der Waals surface area (Å²) in [6.45, 7) is 0.198. The first-order chi connectivity index (χ1) is 17.6. The molecule has 0 bridgehead atoms. The number of carbonyl (C=O) groups is 2. The highest BCUT2D eigenvalue weighted by Gasteiger charge is 2.44. The Hall–Kier alpha value is -3.36. The average Bonchev–Trinajstić information content (AvgIpc) is 3.41. The predicted molar refractivity (Wildman–Crippen MR) is 128 cm³/mol. The summed E-state index contributed by atoms with van der Waals surface area (Å²) in [6.07, 6.45) is 4.74. The molecule has 15 heteroatoms. The van der Waals surface area contributed by atoms with E-state index in [4.69, 9.17) is 11.6 Å². The second-order valence-corrected chi connectivity index (χ2v) is 9.34. The molecule has 3 N–H and O–H groups in total. The molecule has 4 rings (SSSR count). The van der Waals surface area contributed by atoms with Crippen molar-refractivity contribution in [2.24, 2.45) is 0 Å². The number of rotatable bonds is 11. The Morgan fingerprint density at radius 1 is 1.22 bits per heavy atom. The maximum absolute atomic E-state index is 13.9. The van der Waals surface area contributed by atoms with E-state index >= 15 is 0 Å². The van der Waals surface area contributed by atoms with Gasteiger partial charge in [-0.05, 0) is 31.0 Å². The van der Waals surface area contributed by atoms with Gasteiger partial charge in [-0.25, -0.2) is 13.2 Å². The molecular formula is C22H27ClF3N9O2. The fraction of sp³-hybridized carbons (Fsp3) is 0.455. The molecule has 0 aliphatic carbocycles. The van der Waals surface area contributed by atoms with Crippen LogP contribution in [0, 0.1) is 5.82 Å². The van der Waals surface area contributed by atoms with Crippen molar-refractivity contribution in [1.29, 1.82) is 0 Å². The Morgan fingerprint density at radius 2 is 1.97 bits per heavy atom. The SMILES string of the molecule is CN1NN(CCCCn2cc(NC(=O)CN3CC(F)(F)C3)nn2)C=C1C(=O)NCc1cc(Cl)ccc1F. The highest BCUT2D eigenvalue weighted by molar-refractivity contribution is 6.30. The van der Waals surface area contributed by atoms with E-state index in [-0.39, 0.29) is 24.8 Å². The minimum absolute atomic E-state index is 0.00491. The van der Waals surface area contributed by atoms with E-state index in [1.807, 2.05) is 0 Å². The number of nitrogens with one attached hydrogen (secondary N) is 3. The third-order valence-electron chi connectivity index (χ3n) is 5.72. The van der Waals surface area contributed by atoms with Crippen molar-refractivity contribution in [2.75, 3.05) is 38.5 Å². The van der Waals surface area contributed by atoms with Gasteiger partial charge in [-0.3, -0.25) is 29.2 Å². The summed E-state index contributed by atoms with van der Waals surface area (Å²) in [7, 11) is 1.70. The summed E-state index contributed by atoms with van der Waals surface area (Å²) in [4.78, 5) is 25.8. The van der Waals surface area contributed by atoms with Crippen LogP contribution in [0.5, 0.6) is 0 Å². The van der Waals surface area contributed by atoms with Crippen LogP contribution in [0.15, 0.2) is 36.3 Å². The zero-order valence-corrected chi connectivity index (χ0v) is 20.8. The molecule has 2 amide bonds. The fourth-order valence-electron chi connectivity index (χ4n) is 3.91. The zero-order chi connectivity index (χ0) is 26.6. The van der Waals surface area contributed by atoms with Crippen molar-refractivity contribution < 1.29 is 22.8 Å². The van der Waals surface area contributed by atoms with Gasteiger partial charge in [-0.1, -0.05) is 16.8 Å². The van der Waals surface area contributed by atoms with Crippen molar-refractivity contribution in [3.63, 3.8) is 0 Å². The number of unbranched alkanes of at least 4 members (excludes halogenated alkanes) is 1. The Bertz CT molecular complexity index is 1170. The van der Waals surface area contributed by atoms with Crippen molar-refractivity contribution in [3.05, 3.63) is 52.7 Å². The molecule has 1 aromatic heterocycles. The highest BCUT2D eigenvalue weighted by atomic mass is 35.5. The number of likely N-dealkylation sites (tertiary alicyclic amines) is 1. The Kier molecular flexibility index (Phi) is 8.19. The number of aryl methyl sites for hydroxylation is 1. The van der Waals surface area contributed by atoms with Gasteiger partial charge in [-0.15, -0.1) is 10.6 Å². The molecule has 0 saturated carbocycles. The lowest BCUT2D eigenvalue weighted by Gasteiger charge is -2.37. The second kappa shape index (κ2) is 11.4.